The van der Waals surface area contributed by atoms with Crippen LogP contribution >= 0.6 is 0 Å². The van der Waals surface area contributed by atoms with E-state index < -0.39 is 6.03 Å². The van der Waals surface area contributed by atoms with E-state index in [1.807, 2.05) is 0 Å². The van der Waals surface area contributed by atoms with E-state index in [4.69, 9.17) is 5.73 Å². The summed E-state index contributed by atoms with van der Waals surface area (Å²) < 4.78 is 1.24. The van der Waals surface area contributed by atoms with Gasteiger partial charge in [0.25, 0.3) is 0 Å². The molecule has 1 amide bonds. The fourth-order valence-electron chi connectivity index (χ4n) is 1.13. The first kappa shape index (κ1) is 7.72. The molecule has 0 fully saturated rings. The highest BCUT2D eigenvalue weighted by molar-refractivity contribution is 5.86. The van der Waals surface area contributed by atoms with Gasteiger partial charge in [0.15, 0.2) is 5.65 Å². The van der Waals surface area contributed by atoms with Crippen LogP contribution in [0.1, 0.15) is 5.69 Å². The second kappa shape index (κ2) is 2.55. The Labute approximate surface area is 74.2 Å². The highest BCUT2D eigenvalue weighted by atomic mass is 16.2. The maximum Gasteiger partial charge on any atom is 0.324 e. The molecule has 5 nitrogen and oxygen atoms in total. The van der Waals surface area contributed by atoms with Gasteiger partial charge in [0.2, 0.25) is 0 Å². The van der Waals surface area contributed by atoms with Gasteiger partial charge < -0.3 is 5.73 Å². The first-order valence-electron chi connectivity index (χ1n) is 3.64. The smallest absolute Gasteiger partial charge is 0.324 e. The van der Waals surface area contributed by atoms with Crippen molar-refractivity contribution in [1.29, 1.82) is 0 Å². The Morgan fingerprint density at radius 1 is 1.62 bits per heavy atom. The van der Waals surface area contributed by atoms with Crippen molar-refractivity contribution in [2.24, 2.45) is 5.73 Å². The number of hydrogen-bond donors (Lipinski definition) is 1. The molecule has 0 spiro atoms. The van der Waals surface area contributed by atoms with Crippen molar-refractivity contribution in [1.82, 2.24) is 14.5 Å². The maximum absolute atomic E-state index is 10.9. The second-order valence-electron chi connectivity index (χ2n) is 2.59. The Morgan fingerprint density at radius 2 is 2.38 bits per heavy atom. The molecule has 5 heteroatoms. The molecule has 0 bridgehead atoms. The van der Waals surface area contributed by atoms with Crippen LogP contribution in [0.15, 0.2) is 18.5 Å². The van der Waals surface area contributed by atoms with Gasteiger partial charge in [0.1, 0.15) is 5.52 Å². The van der Waals surface area contributed by atoms with Gasteiger partial charge in [-0.3, -0.25) is 4.57 Å². The molecule has 2 rings (SSSR count). The summed E-state index contributed by atoms with van der Waals surface area (Å²) in [6.07, 6.45) is 3.02. The van der Waals surface area contributed by atoms with Gasteiger partial charge in [-0.25, -0.2) is 14.8 Å². The van der Waals surface area contributed by atoms with E-state index in [1.54, 1.807) is 6.07 Å². The fourth-order valence-corrected chi connectivity index (χ4v) is 1.13. The van der Waals surface area contributed by atoms with E-state index in [-0.39, 0.29) is 0 Å². The predicted molar refractivity (Wildman–Crippen MR) is 47.0 cm³/mol. The Morgan fingerprint density at radius 3 is 3.08 bits per heavy atom. The number of carbonyl (C=O) groups is 1. The molecule has 0 saturated carbocycles. The van der Waals surface area contributed by atoms with Crippen LogP contribution in [0, 0.1) is 6.92 Å². The maximum atomic E-state index is 10.9. The topological polar surface area (TPSA) is 73.8 Å². The van der Waals surface area contributed by atoms with Gasteiger partial charge in [0, 0.05) is 6.20 Å². The number of amides is 1. The molecule has 13 heavy (non-hydrogen) atoms. The predicted octanol–water partition coefficient (Wildman–Crippen LogP) is 0.540. The molecule has 0 aliphatic carbocycles. The zero-order chi connectivity index (χ0) is 9.42. The summed E-state index contributed by atoms with van der Waals surface area (Å²) in [6.45, 7) is 3.63. The second-order valence-corrected chi connectivity index (χ2v) is 2.59. The summed E-state index contributed by atoms with van der Waals surface area (Å²) in [5.74, 6) is 0. The monoisotopic (exact) mass is 175 g/mol. The normalized spacial score (nSPS) is 10.5. The van der Waals surface area contributed by atoms with Gasteiger partial charge in [-0.1, -0.05) is 0 Å². The summed E-state index contributed by atoms with van der Waals surface area (Å²) >= 11 is 0. The van der Waals surface area contributed by atoms with Crippen LogP contribution < -0.4 is 5.73 Å². The molecule has 0 aromatic carbocycles. The number of fused-ring (bicyclic) bond motifs is 1. The minimum atomic E-state index is -0.568. The molecule has 0 saturated heterocycles. The Hall–Kier alpha value is -1.91. The number of rotatable bonds is 0. The van der Waals surface area contributed by atoms with Crippen LogP contribution in [0.4, 0.5) is 4.79 Å². The van der Waals surface area contributed by atoms with E-state index in [0.717, 1.165) is 0 Å². The van der Waals surface area contributed by atoms with Gasteiger partial charge in [0.05, 0.1) is 11.9 Å². The SMILES string of the molecule is [CH2]c1cnc2c(ccn2C(N)=O)n1. The van der Waals surface area contributed by atoms with Crippen molar-refractivity contribution in [3.63, 3.8) is 0 Å². The number of nitrogens with two attached hydrogens (primary N) is 1. The van der Waals surface area contributed by atoms with Gasteiger partial charge >= 0.3 is 6.03 Å². The largest absolute Gasteiger partial charge is 0.351 e. The van der Waals surface area contributed by atoms with E-state index in [2.05, 4.69) is 16.9 Å². The number of nitrogens with zero attached hydrogens (tertiary/aromatic N) is 3. The summed E-state index contributed by atoms with van der Waals surface area (Å²) in [6, 6.07) is 1.10. The summed E-state index contributed by atoms with van der Waals surface area (Å²) in [7, 11) is 0. The minimum Gasteiger partial charge on any atom is -0.351 e. The third kappa shape index (κ3) is 1.14. The van der Waals surface area contributed by atoms with Gasteiger partial charge in [-0.2, -0.15) is 0 Å². The zero-order valence-electron chi connectivity index (χ0n) is 6.77. The van der Waals surface area contributed by atoms with Crippen molar-refractivity contribution in [2.45, 2.75) is 0 Å². The van der Waals surface area contributed by atoms with Crippen molar-refractivity contribution in [3.8, 4) is 0 Å². The third-order valence-corrected chi connectivity index (χ3v) is 1.68. The summed E-state index contributed by atoms with van der Waals surface area (Å²) in [5.41, 5.74) is 6.74. The van der Waals surface area contributed by atoms with E-state index in [1.165, 1.54) is 17.0 Å². The first-order chi connectivity index (χ1) is 6.18. The van der Waals surface area contributed by atoms with Gasteiger partial charge in [-0.15, -0.1) is 0 Å². The molecule has 0 aliphatic heterocycles. The lowest BCUT2D eigenvalue weighted by Gasteiger charge is -1.96. The lowest BCUT2D eigenvalue weighted by Crippen LogP contribution is -2.18. The van der Waals surface area contributed by atoms with Crippen LogP contribution in [-0.4, -0.2) is 20.6 Å². The lowest BCUT2D eigenvalue weighted by molar-refractivity contribution is 0.251. The van der Waals surface area contributed by atoms with E-state index in [9.17, 15) is 4.79 Å². The molecular weight excluding hydrogens is 168 g/mol. The van der Waals surface area contributed by atoms with Crippen molar-refractivity contribution >= 4 is 17.2 Å². The third-order valence-electron chi connectivity index (χ3n) is 1.68. The van der Waals surface area contributed by atoms with Crippen LogP contribution in [-0.2, 0) is 0 Å². The molecule has 2 aromatic rings. The van der Waals surface area contributed by atoms with Crippen LogP contribution in [0.3, 0.4) is 0 Å². The number of carbonyl (C=O) groups excluding carboxylic acids is 1. The highest BCUT2D eigenvalue weighted by Crippen LogP contribution is 2.09. The number of aromatic nitrogens is 3. The molecule has 0 atom stereocenters. The van der Waals surface area contributed by atoms with Crippen molar-refractivity contribution in [3.05, 3.63) is 31.1 Å². The molecule has 2 heterocycles. The summed E-state index contributed by atoms with van der Waals surface area (Å²) in [4.78, 5) is 18.9. The first-order valence-corrected chi connectivity index (χ1v) is 3.64. The van der Waals surface area contributed by atoms with Crippen LogP contribution in [0.2, 0.25) is 0 Å². The number of primary amides is 1. The standard InChI is InChI=1S/C8H7N4O/c1-5-4-10-7-6(11-5)2-3-12(7)8(9)13/h2-4H,1H2,(H2,9,13). The quantitative estimate of drug-likeness (QED) is 0.635. The molecular formula is C8H7N4O. The Kier molecular flexibility index (Phi) is 1.51. The zero-order valence-corrected chi connectivity index (χ0v) is 6.77. The van der Waals surface area contributed by atoms with Crippen LogP contribution in [0.5, 0.6) is 0 Å². The molecule has 65 valence electrons. The molecule has 2 N–H and O–H groups in total. The lowest BCUT2D eigenvalue weighted by atomic mass is 10.4. The van der Waals surface area contributed by atoms with Crippen LogP contribution in [0.25, 0.3) is 11.2 Å². The fraction of sp³-hybridized carbons (Fsp3) is 0. The molecule has 1 radical (unpaired) electrons. The average Bonchev–Trinajstić information content (AvgIpc) is 2.46. The van der Waals surface area contributed by atoms with E-state index >= 15 is 0 Å². The van der Waals surface area contributed by atoms with Crippen molar-refractivity contribution < 1.29 is 4.79 Å². The Balaban J connectivity index is 2.76. The average molecular weight is 175 g/mol. The van der Waals surface area contributed by atoms with Crippen molar-refractivity contribution in [2.75, 3.05) is 0 Å². The van der Waals surface area contributed by atoms with Gasteiger partial charge in [-0.05, 0) is 13.0 Å². The molecule has 0 aliphatic rings. The molecule has 0 unspecified atom stereocenters. The Bertz CT molecular complexity index is 474. The highest BCUT2D eigenvalue weighted by Gasteiger charge is 2.06. The molecule has 2 aromatic heterocycles. The minimum absolute atomic E-state index is 0.458. The number of hydrogen-bond acceptors (Lipinski definition) is 3. The van der Waals surface area contributed by atoms with E-state index in [0.29, 0.717) is 16.9 Å². The summed E-state index contributed by atoms with van der Waals surface area (Å²) in [5, 5.41) is 0.